The van der Waals surface area contributed by atoms with E-state index in [0.717, 1.165) is 57.8 Å². The molecule has 1 rings (SSSR count). The Bertz CT molecular complexity index is 1380. The molecule has 9 atom stereocenters. The summed E-state index contributed by atoms with van der Waals surface area (Å²) in [6.45, 7) is 2.99. The molecule has 0 aromatic rings. The molecule has 7 N–H and O–H groups in total. The Balaban J connectivity index is 2.53. The van der Waals surface area contributed by atoms with Gasteiger partial charge in [0.15, 0.2) is 6.10 Å². The predicted octanol–water partition coefficient (Wildman–Crippen LogP) is 7.69. The molecule has 0 bridgehead atoms. The van der Waals surface area contributed by atoms with E-state index in [1.54, 1.807) is 6.08 Å². The Morgan fingerprint density at radius 3 is 1.76 bits per heavy atom. The molecular formula is C47H79O14P. The third-order valence-electron chi connectivity index (χ3n) is 10.1. The van der Waals surface area contributed by atoms with Crippen LogP contribution in [0.4, 0.5) is 0 Å². The summed E-state index contributed by atoms with van der Waals surface area (Å²) in [5, 5.41) is 59.9. The number of phosphoric acid groups is 1. The summed E-state index contributed by atoms with van der Waals surface area (Å²) in [5.74, 6) is -1.21. The second-order valence-corrected chi connectivity index (χ2v) is 17.1. The largest absolute Gasteiger partial charge is 0.472 e. The molecule has 1 aliphatic carbocycles. The first-order chi connectivity index (χ1) is 29.8. The van der Waals surface area contributed by atoms with E-state index in [-0.39, 0.29) is 12.8 Å². The topological polar surface area (TPSA) is 230 Å². The monoisotopic (exact) mass is 899 g/mol. The summed E-state index contributed by atoms with van der Waals surface area (Å²) < 4.78 is 33.4. The van der Waals surface area contributed by atoms with Crippen LogP contribution in [-0.4, -0.2) is 110 Å². The summed E-state index contributed by atoms with van der Waals surface area (Å²) >= 11 is 0. The Hall–Kier alpha value is -2.75. The molecule has 1 fully saturated rings. The van der Waals surface area contributed by atoms with Crippen LogP contribution in [0.5, 0.6) is 0 Å². The number of rotatable bonds is 36. The van der Waals surface area contributed by atoms with E-state index in [1.165, 1.54) is 38.5 Å². The fourth-order valence-electron chi connectivity index (χ4n) is 6.40. The van der Waals surface area contributed by atoms with E-state index in [0.29, 0.717) is 25.7 Å². The van der Waals surface area contributed by atoms with Crippen LogP contribution in [0.15, 0.2) is 72.9 Å². The van der Waals surface area contributed by atoms with Gasteiger partial charge in [-0.2, -0.15) is 0 Å². The highest BCUT2D eigenvalue weighted by Gasteiger charge is 2.51. The molecule has 0 saturated heterocycles. The molecule has 62 heavy (non-hydrogen) atoms. The van der Waals surface area contributed by atoms with Gasteiger partial charge in [0.25, 0.3) is 0 Å². The third kappa shape index (κ3) is 28.8. The van der Waals surface area contributed by atoms with Crippen LogP contribution in [0.1, 0.15) is 149 Å². The van der Waals surface area contributed by atoms with Crippen molar-refractivity contribution in [3.05, 3.63) is 72.9 Å². The maximum Gasteiger partial charge on any atom is 0.472 e. The lowest BCUT2D eigenvalue weighted by atomic mass is 9.85. The number of unbranched alkanes of at least 4 members (excludes halogenated alkanes) is 12. The van der Waals surface area contributed by atoms with Crippen LogP contribution >= 0.6 is 7.82 Å². The summed E-state index contributed by atoms with van der Waals surface area (Å²) in [6, 6.07) is 0. The molecule has 1 saturated carbocycles. The van der Waals surface area contributed by atoms with Gasteiger partial charge in [-0.3, -0.25) is 18.6 Å². The Morgan fingerprint density at radius 1 is 0.597 bits per heavy atom. The van der Waals surface area contributed by atoms with E-state index in [2.05, 4.69) is 19.1 Å². The molecule has 0 aromatic carbocycles. The molecule has 0 radical (unpaired) electrons. The van der Waals surface area contributed by atoms with Crippen LogP contribution < -0.4 is 0 Å². The molecule has 1 aliphatic rings. The molecule has 0 spiro atoms. The van der Waals surface area contributed by atoms with Crippen LogP contribution in [0, 0.1) is 0 Å². The number of aliphatic hydroxyl groups is 6. The van der Waals surface area contributed by atoms with Crippen molar-refractivity contribution in [1.29, 1.82) is 0 Å². The molecule has 0 heterocycles. The Morgan fingerprint density at radius 2 is 1.11 bits per heavy atom. The average molecular weight is 899 g/mol. The van der Waals surface area contributed by atoms with Crippen molar-refractivity contribution in [2.45, 2.75) is 198 Å². The lowest BCUT2D eigenvalue weighted by Crippen LogP contribution is -2.64. The number of phosphoric ester groups is 1. The van der Waals surface area contributed by atoms with E-state index >= 15 is 0 Å². The summed E-state index contributed by atoms with van der Waals surface area (Å²) in [6.07, 6.45) is 28.7. The molecular weight excluding hydrogens is 819 g/mol. The normalized spacial score (nSPS) is 23.0. The molecule has 4 unspecified atom stereocenters. The second kappa shape index (κ2) is 36.6. The fraction of sp³-hybridized carbons (Fsp3) is 0.702. The van der Waals surface area contributed by atoms with Gasteiger partial charge in [0.1, 0.15) is 43.2 Å². The summed E-state index contributed by atoms with van der Waals surface area (Å²) in [7, 11) is -5.15. The van der Waals surface area contributed by atoms with Gasteiger partial charge in [-0.1, -0.05) is 138 Å². The zero-order valence-electron chi connectivity index (χ0n) is 37.2. The van der Waals surface area contributed by atoms with Gasteiger partial charge in [0.2, 0.25) is 0 Å². The first-order valence-electron chi connectivity index (χ1n) is 22.8. The summed E-state index contributed by atoms with van der Waals surface area (Å²) in [4.78, 5) is 35.7. The van der Waals surface area contributed by atoms with Gasteiger partial charge >= 0.3 is 19.8 Å². The quantitative estimate of drug-likeness (QED) is 0.0105. The minimum atomic E-state index is -5.15. The molecule has 15 heteroatoms. The molecule has 0 aromatic heterocycles. The Kier molecular flexibility index (Phi) is 33.8. The van der Waals surface area contributed by atoms with Gasteiger partial charge < -0.3 is 45.0 Å². The number of esters is 2. The average Bonchev–Trinajstić information content (AvgIpc) is 3.25. The second-order valence-electron chi connectivity index (χ2n) is 15.7. The smallest absolute Gasteiger partial charge is 0.462 e. The van der Waals surface area contributed by atoms with Gasteiger partial charge in [0.05, 0.1) is 12.7 Å². The predicted molar refractivity (Wildman–Crippen MR) is 241 cm³/mol. The van der Waals surface area contributed by atoms with Crippen molar-refractivity contribution in [2.75, 3.05) is 13.2 Å². The molecule has 14 nitrogen and oxygen atoms in total. The highest BCUT2D eigenvalue weighted by atomic mass is 31.2. The molecule has 0 amide bonds. The van der Waals surface area contributed by atoms with Crippen molar-refractivity contribution in [3.8, 4) is 0 Å². The van der Waals surface area contributed by atoms with Crippen molar-refractivity contribution in [1.82, 2.24) is 0 Å². The van der Waals surface area contributed by atoms with Gasteiger partial charge in [-0.25, -0.2) is 4.57 Å². The zero-order valence-corrected chi connectivity index (χ0v) is 38.1. The number of aliphatic hydroxyl groups excluding tert-OH is 6. The van der Waals surface area contributed by atoms with Crippen LogP contribution in [0.2, 0.25) is 0 Å². The number of carbonyl (C=O) groups is 2. The lowest BCUT2D eigenvalue weighted by molar-refractivity contribution is -0.220. The number of hydrogen-bond acceptors (Lipinski definition) is 13. The zero-order chi connectivity index (χ0) is 45.9. The first-order valence-corrected chi connectivity index (χ1v) is 24.3. The molecule has 0 aliphatic heterocycles. The van der Waals surface area contributed by atoms with E-state index in [1.807, 2.05) is 61.6 Å². The highest BCUT2D eigenvalue weighted by molar-refractivity contribution is 7.47. The minimum Gasteiger partial charge on any atom is -0.462 e. The molecule has 356 valence electrons. The standard InChI is InChI=1S/C47H79O14P/c1-3-5-7-8-9-10-11-12-13-14-19-22-25-28-31-35-41(50)60-39(37-59-62(56,57)61-47-45(54)43(52)42(51)44(53)46(47)55)36-58-40(49)34-30-27-24-21-18-16-15-17-20-23-26-29-33-38(48)32-6-4-2/h6,12-13,15-16,20-21,23-24,26,29,32,38-39,42-48,51-55H,3-5,7-11,14,17-19,22,25,27-28,30-31,33-37H2,1-2H3,(H,56,57)/b13-12-,16-15-,23-20-,24-21-,29-26+,32-6-/t38?,39-,42?,43-,44+,45-,46-,47?/m1/s1. The van der Waals surface area contributed by atoms with Crippen molar-refractivity contribution >= 4 is 19.8 Å². The van der Waals surface area contributed by atoms with Gasteiger partial charge in [0, 0.05) is 12.8 Å². The highest BCUT2D eigenvalue weighted by Crippen LogP contribution is 2.47. The lowest BCUT2D eigenvalue weighted by Gasteiger charge is -2.41. The van der Waals surface area contributed by atoms with Crippen molar-refractivity contribution in [2.24, 2.45) is 0 Å². The van der Waals surface area contributed by atoms with Crippen LogP contribution in [-0.2, 0) is 32.7 Å². The van der Waals surface area contributed by atoms with E-state index in [9.17, 15) is 49.7 Å². The Labute approximate surface area is 370 Å². The third-order valence-corrected chi connectivity index (χ3v) is 11.1. The van der Waals surface area contributed by atoms with Crippen LogP contribution in [0.25, 0.3) is 0 Å². The minimum absolute atomic E-state index is 0.0627. The number of carbonyl (C=O) groups excluding carboxylic acids is 2. The first kappa shape index (κ1) is 57.3. The van der Waals surface area contributed by atoms with Gasteiger partial charge in [-0.15, -0.1) is 0 Å². The van der Waals surface area contributed by atoms with Crippen molar-refractivity contribution < 1.29 is 68.2 Å². The number of allylic oxidation sites excluding steroid dienone is 10. The van der Waals surface area contributed by atoms with E-state index < -0.39 is 81.8 Å². The maximum atomic E-state index is 12.8. The van der Waals surface area contributed by atoms with Crippen LogP contribution in [0.3, 0.4) is 0 Å². The maximum absolute atomic E-state index is 12.8. The number of hydrogen-bond donors (Lipinski definition) is 7. The number of ether oxygens (including phenoxy) is 2. The van der Waals surface area contributed by atoms with Gasteiger partial charge in [-0.05, 0) is 70.6 Å². The SMILES string of the molecule is CC/C=C\C(O)C/C=C/C=C\C/C=C\C/C=C\CCCC(=O)OC[C@H](COP(=O)(O)OC1[C@H](O)[C@H](O)C(O)[C@H](O)[C@H]1O)OC(=O)CCCCCCC/C=C\CCCCCCCC. The van der Waals surface area contributed by atoms with E-state index in [4.69, 9.17) is 18.5 Å². The summed E-state index contributed by atoms with van der Waals surface area (Å²) in [5.41, 5.74) is 0. The van der Waals surface area contributed by atoms with Crippen molar-refractivity contribution in [3.63, 3.8) is 0 Å². The fourth-order valence-corrected chi connectivity index (χ4v) is 7.37.